The molecule has 0 unspecified atom stereocenters. The second kappa shape index (κ2) is 7.47. The van der Waals surface area contributed by atoms with Crippen LogP contribution in [0.3, 0.4) is 0 Å². The SMILES string of the molecule is CCNCc1cc(Cl)c(OCc2cscn2)c(OC)c1. The van der Waals surface area contributed by atoms with E-state index in [0.29, 0.717) is 23.1 Å². The zero-order valence-corrected chi connectivity index (χ0v) is 13.1. The van der Waals surface area contributed by atoms with E-state index in [0.717, 1.165) is 24.3 Å². The average molecular weight is 313 g/mol. The zero-order chi connectivity index (χ0) is 14.4. The second-order valence-electron chi connectivity index (χ2n) is 4.16. The van der Waals surface area contributed by atoms with Crippen molar-refractivity contribution in [3.8, 4) is 11.5 Å². The number of ether oxygens (including phenoxy) is 2. The molecule has 0 amide bonds. The highest BCUT2D eigenvalue weighted by Crippen LogP contribution is 2.36. The summed E-state index contributed by atoms with van der Waals surface area (Å²) in [5.74, 6) is 1.20. The molecule has 108 valence electrons. The third-order valence-electron chi connectivity index (χ3n) is 2.72. The maximum absolute atomic E-state index is 6.28. The normalized spacial score (nSPS) is 10.6. The number of hydrogen-bond donors (Lipinski definition) is 1. The van der Waals surface area contributed by atoms with Crippen LogP contribution in [-0.4, -0.2) is 18.6 Å². The van der Waals surface area contributed by atoms with Crippen LogP contribution in [-0.2, 0) is 13.2 Å². The van der Waals surface area contributed by atoms with E-state index < -0.39 is 0 Å². The van der Waals surface area contributed by atoms with Crippen LogP contribution >= 0.6 is 22.9 Å². The van der Waals surface area contributed by atoms with E-state index in [9.17, 15) is 0 Å². The Hall–Kier alpha value is -1.30. The number of hydrogen-bond acceptors (Lipinski definition) is 5. The van der Waals surface area contributed by atoms with Crippen molar-refractivity contribution in [1.82, 2.24) is 10.3 Å². The molecule has 6 heteroatoms. The highest BCUT2D eigenvalue weighted by atomic mass is 35.5. The Morgan fingerprint density at radius 2 is 2.25 bits per heavy atom. The molecular formula is C14H17ClN2O2S. The molecule has 1 aromatic heterocycles. The van der Waals surface area contributed by atoms with Gasteiger partial charge in [0.25, 0.3) is 0 Å². The first-order valence-electron chi connectivity index (χ1n) is 6.31. The van der Waals surface area contributed by atoms with Crippen LogP contribution in [0.25, 0.3) is 0 Å². The number of aromatic nitrogens is 1. The van der Waals surface area contributed by atoms with Crippen molar-refractivity contribution >= 4 is 22.9 Å². The Morgan fingerprint density at radius 1 is 1.40 bits per heavy atom. The van der Waals surface area contributed by atoms with Gasteiger partial charge in [0.2, 0.25) is 0 Å². The van der Waals surface area contributed by atoms with Crippen LogP contribution in [0.15, 0.2) is 23.0 Å². The molecule has 0 aliphatic carbocycles. The fourth-order valence-corrected chi connectivity index (χ4v) is 2.57. The summed E-state index contributed by atoms with van der Waals surface area (Å²) < 4.78 is 11.1. The van der Waals surface area contributed by atoms with Crippen molar-refractivity contribution in [2.75, 3.05) is 13.7 Å². The highest BCUT2D eigenvalue weighted by Gasteiger charge is 2.12. The Kier molecular flexibility index (Phi) is 5.64. The van der Waals surface area contributed by atoms with E-state index in [-0.39, 0.29) is 0 Å². The number of halogens is 1. The van der Waals surface area contributed by atoms with Gasteiger partial charge >= 0.3 is 0 Å². The van der Waals surface area contributed by atoms with Crippen LogP contribution in [0.1, 0.15) is 18.2 Å². The van der Waals surface area contributed by atoms with Crippen molar-refractivity contribution in [2.45, 2.75) is 20.1 Å². The number of nitrogens with one attached hydrogen (secondary N) is 1. The molecule has 0 aliphatic heterocycles. The summed E-state index contributed by atoms with van der Waals surface area (Å²) in [5.41, 5.74) is 3.72. The molecule has 0 fully saturated rings. The summed E-state index contributed by atoms with van der Waals surface area (Å²) in [6.45, 7) is 4.09. The van der Waals surface area contributed by atoms with Gasteiger partial charge in [-0.1, -0.05) is 18.5 Å². The summed E-state index contributed by atoms with van der Waals surface area (Å²) >= 11 is 7.82. The number of benzene rings is 1. The second-order valence-corrected chi connectivity index (χ2v) is 5.28. The van der Waals surface area contributed by atoms with Gasteiger partial charge in [-0.05, 0) is 24.2 Å². The largest absolute Gasteiger partial charge is 0.493 e. The maximum Gasteiger partial charge on any atom is 0.180 e. The van der Waals surface area contributed by atoms with Gasteiger partial charge in [0.1, 0.15) is 6.61 Å². The van der Waals surface area contributed by atoms with Crippen LogP contribution in [0.2, 0.25) is 5.02 Å². The fraction of sp³-hybridized carbons (Fsp3) is 0.357. The lowest BCUT2D eigenvalue weighted by Crippen LogP contribution is -2.12. The van der Waals surface area contributed by atoms with Crippen LogP contribution < -0.4 is 14.8 Å². The number of rotatable bonds is 7. The van der Waals surface area contributed by atoms with E-state index in [1.54, 1.807) is 12.6 Å². The maximum atomic E-state index is 6.28. The Bertz CT molecular complexity index is 546. The van der Waals surface area contributed by atoms with Crippen LogP contribution in [0.5, 0.6) is 11.5 Å². The molecule has 0 saturated heterocycles. The molecule has 0 spiro atoms. The summed E-state index contributed by atoms with van der Waals surface area (Å²) in [6.07, 6.45) is 0. The summed E-state index contributed by atoms with van der Waals surface area (Å²) in [4.78, 5) is 4.17. The average Bonchev–Trinajstić information content (AvgIpc) is 2.96. The van der Waals surface area contributed by atoms with Gasteiger partial charge in [0.15, 0.2) is 11.5 Å². The predicted octanol–water partition coefficient (Wildman–Crippen LogP) is 3.49. The smallest absolute Gasteiger partial charge is 0.180 e. The van der Waals surface area contributed by atoms with Crippen molar-refractivity contribution in [3.05, 3.63) is 39.3 Å². The summed E-state index contributed by atoms with van der Waals surface area (Å²) in [7, 11) is 1.61. The first-order chi connectivity index (χ1) is 9.74. The lowest BCUT2D eigenvalue weighted by atomic mass is 10.2. The van der Waals surface area contributed by atoms with E-state index in [2.05, 4.69) is 17.2 Å². The van der Waals surface area contributed by atoms with Crippen LogP contribution in [0.4, 0.5) is 0 Å². The van der Waals surface area contributed by atoms with Gasteiger partial charge in [-0.25, -0.2) is 4.98 Å². The molecule has 0 bridgehead atoms. The van der Waals surface area contributed by atoms with Gasteiger partial charge in [0.05, 0.1) is 23.3 Å². The third kappa shape index (κ3) is 3.85. The Labute approximate surface area is 127 Å². The van der Waals surface area contributed by atoms with Gasteiger partial charge < -0.3 is 14.8 Å². The molecule has 0 saturated carbocycles. The molecule has 0 aliphatic rings. The van der Waals surface area contributed by atoms with Gasteiger partial charge in [-0.15, -0.1) is 11.3 Å². The standard InChI is InChI=1S/C14H17ClN2O2S/c1-3-16-6-10-4-12(15)14(13(5-10)18-2)19-7-11-8-20-9-17-11/h4-5,8-9,16H,3,6-7H2,1-2H3. The highest BCUT2D eigenvalue weighted by molar-refractivity contribution is 7.07. The number of thiazole rings is 1. The molecule has 2 rings (SSSR count). The lowest BCUT2D eigenvalue weighted by molar-refractivity contribution is 0.281. The monoisotopic (exact) mass is 312 g/mol. The molecule has 1 aromatic carbocycles. The third-order valence-corrected chi connectivity index (χ3v) is 3.63. The number of nitrogens with zero attached hydrogens (tertiary/aromatic N) is 1. The zero-order valence-electron chi connectivity index (χ0n) is 11.5. The van der Waals surface area contributed by atoms with Crippen molar-refractivity contribution < 1.29 is 9.47 Å². The van der Waals surface area contributed by atoms with Crippen molar-refractivity contribution in [1.29, 1.82) is 0 Å². The minimum atomic E-state index is 0.381. The summed E-state index contributed by atoms with van der Waals surface area (Å²) in [6, 6.07) is 3.83. The summed E-state index contributed by atoms with van der Waals surface area (Å²) in [5, 5.41) is 5.75. The topological polar surface area (TPSA) is 43.4 Å². The van der Waals surface area contributed by atoms with Gasteiger partial charge in [-0.2, -0.15) is 0 Å². The predicted molar refractivity (Wildman–Crippen MR) is 81.8 cm³/mol. The molecule has 1 heterocycles. The fourth-order valence-electron chi connectivity index (χ4n) is 1.74. The number of methoxy groups -OCH3 is 1. The van der Waals surface area contributed by atoms with E-state index in [4.69, 9.17) is 21.1 Å². The van der Waals surface area contributed by atoms with E-state index in [1.165, 1.54) is 11.3 Å². The van der Waals surface area contributed by atoms with Gasteiger partial charge in [-0.3, -0.25) is 0 Å². The van der Waals surface area contributed by atoms with Crippen molar-refractivity contribution in [2.24, 2.45) is 0 Å². The van der Waals surface area contributed by atoms with Gasteiger partial charge in [0, 0.05) is 11.9 Å². The quantitative estimate of drug-likeness (QED) is 0.850. The minimum absolute atomic E-state index is 0.381. The van der Waals surface area contributed by atoms with Crippen LogP contribution in [0, 0.1) is 0 Å². The Balaban J connectivity index is 2.14. The molecule has 20 heavy (non-hydrogen) atoms. The minimum Gasteiger partial charge on any atom is -0.493 e. The lowest BCUT2D eigenvalue weighted by Gasteiger charge is -2.13. The van der Waals surface area contributed by atoms with E-state index >= 15 is 0 Å². The molecule has 1 N–H and O–H groups in total. The van der Waals surface area contributed by atoms with Crippen molar-refractivity contribution in [3.63, 3.8) is 0 Å². The molecule has 2 aromatic rings. The first kappa shape index (κ1) is 15.1. The molecule has 0 atom stereocenters. The Morgan fingerprint density at radius 3 is 2.90 bits per heavy atom. The first-order valence-corrected chi connectivity index (χ1v) is 7.63. The molecule has 4 nitrogen and oxygen atoms in total. The molecular weight excluding hydrogens is 296 g/mol. The van der Waals surface area contributed by atoms with E-state index in [1.807, 2.05) is 17.5 Å². The molecule has 0 radical (unpaired) electrons.